The third-order valence-corrected chi connectivity index (χ3v) is 3.25. The number of rotatable bonds is 6. The van der Waals surface area contributed by atoms with Crippen LogP contribution in [0.1, 0.15) is 47.1 Å². The monoisotopic (exact) mass is 338 g/mol. The number of nitrogens with two attached hydrogens (primary N) is 1. The lowest BCUT2D eigenvalue weighted by atomic mass is 10.0. The normalized spacial score (nSPS) is 13.3. The van der Waals surface area contributed by atoms with E-state index in [1.54, 1.807) is 0 Å². The van der Waals surface area contributed by atoms with Crippen molar-refractivity contribution < 1.29 is 14.6 Å². The molecule has 0 saturated carbocycles. The number of benzene rings is 1. The lowest BCUT2D eigenvalue weighted by Crippen LogP contribution is -2.47. The highest BCUT2D eigenvalue weighted by Gasteiger charge is 2.25. The molecule has 0 unspecified atom stereocenters. The second-order valence-corrected chi connectivity index (χ2v) is 6.44. The molecule has 0 saturated heterocycles. The van der Waals surface area contributed by atoms with E-state index in [1.807, 2.05) is 71.9 Å². The average molecular weight is 338 g/mol. The molecule has 0 spiro atoms. The van der Waals surface area contributed by atoms with Crippen molar-refractivity contribution in [3.05, 3.63) is 35.9 Å². The zero-order valence-electron chi connectivity index (χ0n) is 16.0. The Bertz CT molecular complexity index is 457. The topological polar surface area (TPSA) is 75.8 Å². The van der Waals surface area contributed by atoms with Crippen LogP contribution in [-0.2, 0) is 11.2 Å². The van der Waals surface area contributed by atoms with Gasteiger partial charge < -0.3 is 20.5 Å². The summed E-state index contributed by atoms with van der Waals surface area (Å²) in [4.78, 5) is 13.5. The van der Waals surface area contributed by atoms with Gasteiger partial charge in [-0.3, -0.25) is 0 Å². The van der Waals surface area contributed by atoms with Crippen molar-refractivity contribution in [3.8, 4) is 0 Å². The molecule has 5 heteroatoms. The maximum absolute atomic E-state index is 12.1. The Labute approximate surface area is 146 Å². The van der Waals surface area contributed by atoms with E-state index >= 15 is 0 Å². The van der Waals surface area contributed by atoms with Crippen LogP contribution >= 0.6 is 0 Å². The summed E-state index contributed by atoms with van der Waals surface area (Å²) in [6, 6.07) is 9.32. The van der Waals surface area contributed by atoms with Gasteiger partial charge >= 0.3 is 6.09 Å². The number of amides is 1. The molecule has 5 nitrogen and oxygen atoms in total. The van der Waals surface area contributed by atoms with Crippen molar-refractivity contribution >= 4 is 6.09 Å². The van der Waals surface area contributed by atoms with Crippen molar-refractivity contribution in [3.63, 3.8) is 0 Å². The second kappa shape index (κ2) is 11.0. The summed E-state index contributed by atoms with van der Waals surface area (Å²) in [6.07, 6.45) is -0.665. The molecule has 0 aliphatic rings. The van der Waals surface area contributed by atoms with Crippen LogP contribution < -0.4 is 5.73 Å². The molecule has 0 fully saturated rings. The number of aliphatic hydroxyl groups excluding tert-OH is 1. The number of likely N-dealkylation sites (N-methyl/N-ethyl adjacent to an activating group) is 1. The van der Waals surface area contributed by atoms with Gasteiger partial charge in [-0.15, -0.1) is 0 Å². The molecule has 0 aliphatic heterocycles. The van der Waals surface area contributed by atoms with E-state index in [2.05, 4.69) is 0 Å². The fourth-order valence-electron chi connectivity index (χ4n) is 2.04. The summed E-state index contributed by atoms with van der Waals surface area (Å²) in [5.74, 6) is 0. The highest BCUT2D eigenvalue weighted by Crippen LogP contribution is 2.11. The third kappa shape index (κ3) is 8.89. The maximum atomic E-state index is 12.1. The van der Waals surface area contributed by atoms with Crippen LogP contribution in [0.4, 0.5) is 4.79 Å². The molecule has 24 heavy (non-hydrogen) atoms. The molecule has 0 heterocycles. The molecule has 0 bridgehead atoms. The number of hydrogen-bond donors (Lipinski definition) is 2. The summed E-state index contributed by atoms with van der Waals surface area (Å²) in [5, 5.41) is 10.3. The lowest BCUT2D eigenvalue weighted by Gasteiger charge is -2.29. The van der Waals surface area contributed by atoms with Crippen molar-refractivity contribution in [2.24, 2.45) is 5.73 Å². The largest absolute Gasteiger partial charge is 0.444 e. The van der Waals surface area contributed by atoms with Crippen LogP contribution in [0.2, 0.25) is 0 Å². The molecule has 0 aromatic heterocycles. The summed E-state index contributed by atoms with van der Waals surface area (Å²) in [7, 11) is 0. The minimum absolute atomic E-state index is 0.166. The number of ether oxygens (including phenoxy) is 1. The van der Waals surface area contributed by atoms with Crippen molar-refractivity contribution in [1.82, 2.24) is 4.90 Å². The minimum Gasteiger partial charge on any atom is -0.444 e. The molecule has 1 amide bonds. The molecule has 138 valence electrons. The molecular weight excluding hydrogens is 304 g/mol. The summed E-state index contributed by atoms with van der Waals surface area (Å²) in [6.45, 7) is 11.9. The fraction of sp³-hybridized carbons (Fsp3) is 0.632. The van der Waals surface area contributed by atoms with Gasteiger partial charge in [-0.1, -0.05) is 44.2 Å². The van der Waals surface area contributed by atoms with Crippen molar-refractivity contribution in [2.45, 2.75) is 65.7 Å². The average Bonchev–Trinajstić information content (AvgIpc) is 2.53. The highest BCUT2D eigenvalue weighted by atomic mass is 16.6. The highest BCUT2D eigenvalue weighted by molar-refractivity contribution is 5.68. The molecule has 0 aliphatic carbocycles. The number of carbonyl (C=O) groups is 1. The van der Waals surface area contributed by atoms with Gasteiger partial charge in [-0.2, -0.15) is 0 Å². The van der Waals surface area contributed by atoms with Crippen molar-refractivity contribution in [2.75, 3.05) is 13.1 Å². The van der Waals surface area contributed by atoms with E-state index in [-0.39, 0.29) is 6.54 Å². The van der Waals surface area contributed by atoms with E-state index < -0.39 is 23.8 Å². The SMILES string of the molecule is CC.CCN(C[C@@H](O)[C@@H](N)Cc1ccccc1)C(=O)OC(C)(C)C. The molecule has 1 aromatic rings. The van der Waals surface area contributed by atoms with E-state index in [4.69, 9.17) is 10.5 Å². The first kappa shape index (κ1) is 22.4. The van der Waals surface area contributed by atoms with Crippen LogP contribution in [0, 0.1) is 0 Å². The summed E-state index contributed by atoms with van der Waals surface area (Å²) in [5.41, 5.74) is 6.56. The van der Waals surface area contributed by atoms with Gasteiger partial charge in [0.2, 0.25) is 0 Å². The number of carbonyl (C=O) groups excluding carboxylic acids is 1. The first-order valence-corrected chi connectivity index (χ1v) is 8.68. The van der Waals surface area contributed by atoms with Crippen LogP contribution in [0.25, 0.3) is 0 Å². The Morgan fingerprint density at radius 1 is 1.25 bits per heavy atom. The molecule has 1 aromatic carbocycles. The van der Waals surface area contributed by atoms with Crippen LogP contribution in [0.15, 0.2) is 30.3 Å². The van der Waals surface area contributed by atoms with E-state index in [0.717, 1.165) is 5.56 Å². The number of nitrogens with zero attached hydrogens (tertiary/aromatic N) is 1. The van der Waals surface area contributed by atoms with E-state index in [1.165, 1.54) is 4.90 Å². The summed E-state index contributed by atoms with van der Waals surface area (Å²) >= 11 is 0. The Balaban J connectivity index is 0.00000254. The van der Waals surface area contributed by atoms with Gasteiger partial charge in [-0.05, 0) is 39.7 Å². The Hall–Kier alpha value is -1.59. The van der Waals surface area contributed by atoms with Gasteiger partial charge in [0.1, 0.15) is 5.60 Å². The smallest absolute Gasteiger partial charge is 0.410 e. The zero-order valence-corrected chi connectivity index (χ0v) is 16.0. The molecular formula is C19H34N2O3. The van der Waals surface area contributed by atoms with Gasteiger partial charge in [-0.25, -0.2) is 4.79 Å². The van der Waals surface area contributed by atoms with Gasteiger partial charge in [0.05, 0.1) is 12.6 Å². The van der Waals surface area contributed by atoms with Crippen LogP contribution in [-0.4, -0.2) is 46.9 Å². The Kier molecular flexibility index (Phi) is 10.3. The number of aliphatic hydroxyl groups is 1. The molecule has 2 atom stereocenters. The van der Waals surface area contributed by atoms with E-state index in [9.17, 15) is 9.90 Å². The predicted octanol–water partition coefficient (Wildman–Crippen LogP) is 3.20. The van der Waals surface area contributed by atoms with Gasteiger partial charge in [0.25, 0.3) is 0 Å². The first-order chi connectivity index (χ1) is 11.2. The van der Waals surface area contributed by atoms with Gasteiger partial charge in [0, 0.05) is 12.6 Å². The first-order valence-electron chi connectivity index (χ1n) is 8.68. The maximum Gasteiger partial charge on any atom is 0.410 e. The van der Waals surface area contributed by atoms with E-state index in [0.29, 0.717) is 13.0 Å². The lowest BCUT2D eigenvalue weighted by molar-refractivity contribution is 0.0133. The second-order valence-electron chi connectivity index (χ2n) is 6.44. The Morgan fingerprint density at radius 2 is 1.79 bits per heavy atom. The molecule has 0 radical (unpaired) electrons. The number of hydrogen-bond acceptors (Lipinski definition) is 4. The van der Waals surface area contributed by atoms with Crippen molar-refractivity contribution in [1.29, 1.82) is 0 Å². The Morgan fingerprint density at radius 3 is 2.25 bits per heavy atom. The quantitative estimate of drug-likeness (QED) is 0.835. The molecule has 1 rings (SSSR count). The predicted molar refractivity (Wildman–Crippen MR) is 99.0 cm³/mol. The third-order valence-electron chi connectivity index (χ3n) is 3.25. The standard InChI is InChI=1S/C17H28N2O3.C2H6/c1-5-19(16(21)22-17(2,3)4)12-15(20)14(18)11-13-9-7-6-8-10-13;1-2/h6-10,14-15,20H,5,11-12,18H2,1-4H3;1-2H3/t14-,15+;/m0./s1. The van der Waals surface area contributed by atoms with Crippen LogP contribution in [0.5, 0.6) is 0 Å². The van der Waals surface area contributed by atoms with Crippen LogP contribution in [0.3, 0.4) is 0 Å². The summed E-state index contributed by atoms with van der Waals surface area (Å²) < 4.78 is 5.32. The fourth-order valence-corrected chi connectivity index (χ4v) is 2.04. The minimum atomic E-state index is -0.798. The zero-order chi connectivity index (χ0) is 18.8. The molecule has 3 N–H and O–H groups in total. The van der Waals surface area contributed by atoms with Gasteiger partial charge in [0.15, 0.2) is 0 Å².